The molecule has 0 radical (unpaired) electrons. The molecule has 3 aromatic rings. The number of benzene rings is 1. The molecule has 0 saturated heterocycles. The van der Waals surface area contributed by atoms with E-state index in [0.29, 0.717) is 11.7 Å². The minimum Gasteiger partial charge on any atom is -0.546 e. The zero-order valence-corrected chi connectivity index (χ0v) is 19.5. The normalized spacial score (nSPS) is 12.5. The van der Waals surface area contributed by atoms with Crippen LogP contribution in [0.15, 0.2) is 47.1 Å². The number of nitrogens with zero attached hydrogens (tertiary/aromatic N) is 3. The van der Waals surface area contributed by atoms with E-state index in [0.717, 1.165) is 11.1 Å². The van der Waals surface area contributed by atoms with E-state index in [1.54, 1.807) is 32.5 Å². The summed E-state index contributed by atoms with van der Waals surface area (Å²) >= 11 is -1.84. The molecule has 2 aromatic heterocycles. The number of carbonyl (C=O) groups is 1. The van der Waals surface area contributed by atoms with Gasteiger partial charge in [-0.3, -0.25) is 4.79 Å². The maximum absolute atomic E-state index is 12.3. The van der Waals surface area contributed by atoms with Crippen LogP contribution in [0.5, 0.6) is 5.75 Å². The van der Waals surface area contributed by atoms with Gasteiger partial charge in [0, 0.05) is 22.8 Å². The van der Waals surface area contributed by atoms with Crippen molar-refractivity contribution in [2.24, 2.45) is 0 Å². The molecule has 0 aliphatic rings. The molecule has 0 aliphatic carbocycles. The van der Waals surface area contributed by atoms with Crippen molar-refractivity contribution in [3.05, 3.63) is 59.6 Å². The Kier molecular flexibility index (Phi) is 6.85. The molecule has 0 aliphatic heterocycles. The van der Waals surface area contributed by atoms with Gasteiger partial charge in [-0.25, -0.2) is 0 Å². The SMILES string of the molecule is C=C(C)[C@@H](Nc1n[s+]([O-])nc1Nc1cccc(C(=O)N(C)C)c1O)c1cc(C(C)C)co1. The lowest BCUT2D eigenvalue weighted by molar-refractivity contribution is 0.0824. The highest BCUT2D eigenvalue weighted by molar-refractivity contribution is 7.14. The second-order valence-corrected chi connectivity index (χ2v) is 8.82. The minimum absolute atomic E-state index is 0.128. The molecule has 0 saturated carbocycles. The number of carbonyl (C=O) groups excluding carboxylic acids is 1. The second kappa shape index (κ2) is 9.41. The Morgan fingerprint density at radius 1 is 1.28 bits per heavy atom. The van der Waals surface area contributed by atoms with Crippen molar-refractivity contribution in [1.29, 1.82) is 0 Å². The molecular weight excluding hydrogens is 430 g/mol. The third-order valence-corrected chi connectivity index (χ3v) is 5.53. The Labute approximate surface area is 189 Å². The van der Waals surface area contributed by atoms with E-state index in [1.165, 1.54) is 11.0 Å². The monoisotopic (exact) mass is 457 g/mol. The van der Waals surface area contributed by atoms with Crippen molar-refractivity contribution in [1.82, 2.24) is 13.6 Å². The van der Waals surface area contributed by atoms with Crippen LogP contribution >= 0.6 is 11.1 Å². The lowest BCUT2D eigenvalue weighted by Crippen LogP contribution is -2.21. The summed E-state index contributed by atoms with van der Waals surface area (Å²) < 4.78 is 25.8. The predicted molar refractivity (Wildman–Crippen MR) is 124 cm³/mol. The highest BCUT2D eigenvalue weighted by Gasteiger charge is 2.25. The first-order valence-electron chi connectivity index (χ1n) is 9.99. The van der Waals surface area contributed by atoms with E-state index in [4.69, 9.17) is 4.42 Å². The first-order chi connectivity index (χ1) is 15.1. The number of phenolic OH excluding ortho intramolecular Hbond substituents is 1. The van der Waals surface area contributed by atoms with Gasteiger partial charge in [0.15, 0.2) is 16.9 Å². The van der Waals surface area contributed by atoms with Crippen LogP contribution in [0.3, 0.4) is 0 Å². The molecule has 9 nitrogen and oxygen atoms in total. The highest BCUT2D eigenvalue weighted by Crippen LogP contribution is 2.36. The van der Waals surface area contributed by atoms with Crippen molar-refractivity contribution in [3.8, 4) is 5.75 Å². The van der Waals surface area contributed by atoms with Gasteiger partial charge < -0.3 is 29.6 Å². The standard InChI is InChI=1S/C22H27N5O4S/c1-12(2)14-10-17(31-11-14)18(13(3)4)24-21-20(25-32(30)26-21)23-16-9-7-8-15(19(16)28)22(29)27(5)6/h7-12,18,28H,3H2,1-2,4-6H3,(H,23,25)(H,24,26)/t18-,32?/m1/s1. The summed E-state index contributed by atoms with van der Waals surface area (Å²) in [7, 11) is 3.19. The summed E-state index contributed by atoms with van der Waals surface area (Å²) in [6, 6.07) is 6.24. The van der Waals surface area contributed by atoms with Crippen molar-refractivity contribution < 1.29 is 18.9 Å². The van der Waals surface area contributed by atoms with Gasteiger partial charge in [0.05, 0.1) is 17.5 Å². The molecule has 10 heteroatoms. The van der Waals surface area contributed by atoms with Crippen molar-refractivity contribution in [3.63, 3.8) is 0 Å². The van der Waals surface area contributed by atoms with E-state index in [2.05, 4.69) is 39.8 Å². The number of amides is 1. The van der Waals surface area contributed by atoms with Crippen molar-refractivity contribution >= 4 is 34.4 Å². The van der Waals surface area contributed by atoms with Crippen LogP contribution < -0.4 is 10.6 Å². The zero-order chi connectivity index (χ0) is 23.6. The number of para-hydroxylation sites is 1. The maximum Gasteiger partial charge on any atom is 0.257 e. The van der Waals surface area contributed by atoms with Gasteiger partial charge >= 0.3 is 0 Å². The van der Waals surface area contributed by atoms with Crippen LogP contribution in [0.25, 0.3) is 0 Å². The Bertz CT molecular complexity index is 1140. The summed E-state index contributed by atoms with van der Waals surface area (Å²) in [4.78, 5) is 13.7. The van der Waals surface area contributed by atoms with Gasteiger partial charge in [0.2, 0.25) is 11.6 Å². The molecule has 32 heavy (non-hydrogen) atoms. The van der Waals surface area contributed by atoms with Gasteiger partial charge in [-0.2, -0.15) is 0 Å². The molecule has 170 valence electrons. The Hall–Kier alpha value is -3.37. The largest absolute Gasteiger partial charge is 0.546 e. The van der Waals surface area contributed by atoms with E-state index < -0.39 is 17.2 Å². The third-order valence-electron chi connectivity index (χ3n) is 4.85. The van der Waals surface area contributed by atoms with E-state index in [-0.39, 0.29) is 34.5 Å². The first-order valence-corrected chi connectivity index (χ1v) is 11.1. The van der Waals surface area contributed by atoms with E-state index in [1.807, 2.05) is 13.0 Å². The molecule has 1 amide bonds. The highest BCUT2D eigenvalue weighted by atomic mass is 32.2. The fraction of sp³-hybridized carbons (Fsp3) is 0.318. The van der Waals surface area contributed by atoms with Gasteiger partial charge in [-0.1, -0.05) is 32.1 Å². The molecule has 3 rings (SSSR count). The van der Waals surface area contributed by atoms with Crippen LogP contribution in [0.4, 0.5) is 17.3 Å². The van der Waals surface area contributed by atoms with E-state index in [9.17, 15) is 14.5 Å². The van der Waals surface area contributed by atoms with Gasteiger partial charge in [-0.05, 0) is 36.6 Å². The first kappa shape index (κ1) is 23.3. The van der Waals surface area contributed by atoms with Gasteiger partial charge in [0.1, 0.15) is 11.8 Å². The van der Waals surface area contributed by atoms with Crippen LogP contribution in [-0.4, -0.2) is 43.3 Å². The number of hydrogen-bond donors (Lipinski definition) is 3. The number of rotatable bonds is 8. The lowest BCUT2D eigenvalue weighted by Gasteiger charge is -2.17. The number of anilines is 3. The third kappa shape index (κ3) is 4.92. The fourth-order valence-electron chi connectivity index (χ4n) is 3.02. The lowest BCUT2D eigenvalue weighted by atomic mass is 10.0. The average molecular weight is 458 g/mol. The van der Waals surface area contributed by atoms with Crippen molar-refractivity contribution in [2.45, 2.75) is 32.7 Å². The quantitative estimate of drug-likeness (QED) is 0.250. The fourth-order valence-corrected chi connectivity index (χ4v) is 3.65. The summed E-state index contributed by atoms with van der Waals surface area (Å²) in [5, 5.41) is 16.7. The Morgan fingerprint density at radius 2 is 1.97 bits per heavy atom. The number of hydrogen-bond acceptors (Lipinski definition) is 8. The number of aromatic nitrogens is 2. The number of phenols is 1. The molecule has 3 N–H and O–H groups in total. The van der Waals surface area contributed by atoms with Crippen molar-refractivity contribution in [2.75, 3.05) is 24.7 Å². The van der Waals surface area contributed by atoms with Crippen LogP contribution in [0.2, 0.25) is 0 Å². The van der Waals surface area contributed by atoms with Crippen LogP contribution in [0, 0.1) is 0 Å². The molecule has 0 fully saturated rings. The number of nitrogens with one attached hydrogen (secondary N) is 2. The minimum atomic E-state index is -1.84. The van der Waals surface area contributed by atoms with Crippen LogP contribution in [-0.2, 0) is 0 Å². The second-order valence-electron chi connectivity index (χ2n) is 8.00. The zero-order valence-electron chi connectivity index (χ0n) is 18.7. The summed E-state index contributed by atoms with van der Waals surface area (Å²) in [6.07, 6.45) is 1.70. The topological polar surface area (TPSA) is 127 Å². The Balaban J connectivity index is 1.91. The van der Waals surface area contributed by atoms with Gasteiger partial charge in [0.25, 0.3) is 5.91 Å². The average Bonchev–Trinajstić information content (AvgIpc) is 3.33. The predicted octanol–water partition coefficient (Wildman–Crippen LogP) is 4.80. The number of aromatic hydroxyl groups is 1. The molecule has 0 bridgehead atoms. The number of furan rings is 1. The maximum atomic E-state index is 12.3. The molecule has 2 atom stereocenters. The van der Waals surface area contributed by atoms with Crippen LogP contribution in [0.1, 0.15) is 54.4 Å². The molecule has 1 unspecified atom stereocenters. The molecule has 0 spiro atoms. The molecular formula is C22H27N5O4S. The summed E-state index contributed by atoms with van der Waals surface area (Å²) in [5.74, 6) is 0.736. The van der Waals surface area contributed by atoms with Gasteiger partial charge in [-0.15, -0.1) is 0 Å². The summed E-state index contributed by atoms with van der Waals surface area (Å²) in [6.45, 7) is 10.00. The Morgan fingerprint density at radius 3 is 2.56 bits per heavy atom. The van der Waals surface area contributed by atoms with E-state index >= 15 is 0 Å². The molecule has 2 heterocycles. The summed E-state index contributed by atoms with van der Waals surface area (Å²) in [5.41, 5.74) is 2.17. The smallest absolute Gasteiger partial charge is 0.257 e. The molecule has 1 aromatic carbocycles.